The highest BCUT2D eigenvalue weighted by Crippen LogP contribution is 2.23. The minimum Gasteiger partial charge on any atom is -0.481 e. The van der Waals surface area contributed by atoms with Crippen molar-refractivity contribution in [3.63, 3.8) is 0 Å². The van der Waals surface area contributed by atoms with Gasteiger partial charge in [-0.25, -0.2) is 0 Å². The number of nitrogens with one attached hydrogen (secondary N) is 6. The summed E-state index contributed by atoms with van der Waals surface area (Å²) < 4.78 is 10.8. The molecule has 0 bridgehead atoms. The van der Waals surface area contributed by atoms with Gasteiger partial charge in [-0.05, 0) is 32.6 Å². The van der Waals surface area contributed by atoms with Gasteiger partial charge in [0, 0.05) is 13.1 Å². The molecule has 7 amide bonds. The summed E-state index contributed by atoms with van der Waals surface area (Å²) in [7, 11) is 0. The minimum absolute atomic E-state index is 0.0355. The van der Waals surface area contributed by atoms with E-state index < -0.39 is 141 Å². The van der Waals surface area contributed by atoms with E-state index in [0.29, 0.717) is 0 Å². The number of guanidine groups is 1. The zero-order chi connectivity index (χ0) is 41.7. The largest absolute Gasteiger partial charge is 0.481 e. The number of nitrogens with two attached hydrogens (primary N) is 2. The van der Waals surface area contributed by atoms with E-state index in [1.807, 2.05) is 0 Å². The lowest BCUT2D eigenvalue weighted by molar-refractivity contribution is -0.301. The monoisotopic (exact) mass is 802 g/mol. The lowest BCUT2D eigenvalue weighted by atomic mass is 9.99. The van der Waals surface area contributed by atoms with Crippen molar-refractivity contribution in [1.29, 1.82) is 0 Å². The number of nitrogens with zero attached hydrogens (tertiary/aromatic N) is 2. The first-order valence-corrected chi connectivity index (χ1v) is 17.7. The third-order valence-corrected chi connectivity index (χ3v) is 8.95. The molecule has 0 saturated carbocycles. The van der Waals surface area contributed by atoms with Crippen LogP contribution in [-0.2, 0) is 47.8 Å². The number of carboxylic acids is 1. The number of carboxylic acid groups (broad SMARTS) is 1. The van der Waals surface area contributed by atoms with Crippen LogP contribution in [0.5, 0.6) is 0 Å². The molecule has 3 aliphatic rings. The third kappa shape index (κ3) is 12.9. The maximum atomic E-state index is 14.0. The van der Waals surface area contributed by atoms with Crippen molar-refractivity contribution in [3.8, 4) is 0 Å². The molecule has 0 aromatic heterocycles. The van der Waals surface area contributed by atoms with Crippen LogP contribution in [0.4, 0.5) is 0 Å². The third-order valence-electron chi connectivity index (χ3n) is 8.95. The summed E-state index contributed by atoms with van der Waals surface area (Å²) in [6.07, 6.45) is -9.19. The van der Waals surface area contributed by atoms with Gasteiger partial charge in [0.2, 0.25) is 41.4 Å². The van der Waals surface area contributed by atoms with Gasteiger partial charge in [-0.1, -0.05) is 0 Å². The lowest BCUT2D eigenvalue weighted by Crippen LogP contribution is -2.61. The molecule has 25 heteroatoms. The number of aliphatic carboxylic acids is 1. The van der Waals surface area contributed by atoms with E-state index in [0.717, 1.165) is 4.90 Å². The molecule has 3 fully saturated rings. The minimum atomic E-state index is -1.91. The SMILES string of the molecule is C[C@@H]1NC(=O)[C@@H]2CCCN2C(=O)[C@H](CO[C@@H]2O[C@H](CO)[C@@H](O)[C@H](O)[C@H]2O)NC(=O)[C@H](CC(=O)O)NC(=O)CNC(=O)[C@H](CCCN=C(N)N)NC(=O)CNC1=O. The van der Waals surface area contributed by atoms with Crippen molar-refractivity contribution in [2.75, 3.05) is 39.4 Å². The molecular formula is C31H50N10O15. The number of aliphatic hydroxyl groups excluding tert-OH is 4. The number of carbonyl (C=O) groups excluding carboxylic acids is 7. The molecule has 0 radical (unpaired) electrons. The molecule has 0 spiro atoms. The predicted molar refractivity (Wildman–Crippen MR) is 186 cm³/mol. The van der Waals surface area contributed by atoms with Crippen molar-refractivity contribution >= 4 is 53.3 Å². The van der Waals surface area contributed by atoms with E-state index in [4.69, 9.17) is 20.9 Å². The number of aliphatic hydroxyl groups is 4. The molecule has 10 atom stereocenters. The van der Waals surface area contributed by atoms with Crippen LogP contribution in [0.25, 0.3) is 0 Å². The molecule has 0 aromatic carbocycles. The normalized spacial score (nSPS) is 31.7. The quantitative estimate of drug-likeness (QED) is 0.0554. The molecular weight excluding hydrogens is 752 g/mol. The molecule has 3 aliphatic heterocycles. The van der Waals surface area contributed by atoms with Crippen molar-refractivity contribution in [1.82, 2.24) is 36.8 Å². The Bertz CT molecular complexity index is 1490. The highest BCUT2D eigenvalue weighted by Gasteiger charge is 2.45. The number of ether oxygens (including phenoxy) is 2. The van der Waals surface area contributed by atoms with Crippen LogP contribution in [-0.4, -0.2) is 184 Å². The molecule has 0 aliphatic carbocycles. The average molecular weight is 803 g/mol. The van der Waals surface area contributed by atoms with E-state index in [1.165, 1.54) is 6.92 Å². The second kappa shape index (κ2) is 21.2. The first-order valence-electron chi connectivity index (χ1n) is 17.7. The lowest BCUT2D eigenvalue weighted by Gasteiger charge is -2.40. The molecule has 314 valence electrons. The van der Waals surface area contributed by atoms with Gasteiger partial charge in [-0.15, -0.1) is 0 Å². The Hall–Kier alpha value is -5.21. The van der Waals surface area contributed by atoms with Crippen molar-refractivity contribution < 1.29 is 73.4 Å². The first-order chi connectivity index (χ1) is 26.4. The summed E-state index contributed by atoms with van der Waals surface area (Å²) in [6, 6.07) is -7.36. The predicted octanol–water partition coefficient (Wildman–Crippen LogP) is -8.47. The van der Waals surface area contributed by atoms with Gasteiger partial charge in [0.25, 0.3) is 0 Å². The van der Waals surface area contributed by atoms with Gasteiger partial charge < -0.3 is 83.3 Å². The number of hydrogen-bond donors (Lipinski definition) is 13. The summed E-state index contributed by atoms with van der Waals surface area (Å²) in [6.45, 7) is -1.77. The van der Waals surface area contributed by atoms with Gasteiger partial charge in [-0.2, -0.15) is 0 Å². The standard InChI is InChI=1S/C31H50N10O15/c1-13-25(50)35-9-19(43)38-14(4-2-6-34-31(32)33)26(51)36-10-20(44)39-15(8-21(45)46)27(52)40-16(29(54)41-7-3-5-17(41)28(53)37-13)12-55-30-24(49)23(48)22(47)18(11-42)56-30/h13-18,22-24,30,42,47-49H,2-12H2,1H3,(H,35,50)(H,36,51)(H,37,53)(H,38,43)(H,39,44)(H,40,52)(H,45,46)(H4,32,33,34)/t13-,14-,15-,16-,17-,18+,22+,23-,24+,30+/m0/s1. The maximum absolute atomic E-state index is 14.0. The molecule has 3 heterocycles. The summed E-state index contributed by atoms with van der Waals surface area (Å²) in [5.74, 6) is -8.33. The smallest absolute Gasteiger partial charge is 0.305 e. The van der Waals surface area contributed by atoms with Crippen molar-refractivity contribution in [3.05, 3.63) is 0 Å². The van der Waals surface area contributed by atoms with Gasteiger partial charge >= 0.3 is 5.97 Å². The highest BCUT2D eigenvalue weighted by molar-refractivity contribution is 5.98. The summed E-state index contributed by atoms with van der Waals surface area (Å²) in [4.78, 5) is 109. The van der Waals surface area contributed by atoms with Crippen LogP contribution in [0, 0.1) is 0 Å². The number of amides is 7. The Labute approximate surface area is 319 Å². The van der Waals surface area contributed by atoms with Crippen molar-refractivity contribution in [2.45, 2.75) is 99.9 Å². The van der Waals surface area contributed by atoms with Crippen LogP contribution in [0.15, 0.2) is 4.99 Å². The molecule has 3 rings (SSSR count). The number of carbonyl (C=O) groups is 8. The number of rotatable bonds is 10. The number of hydrogen-bond acceptors (Lipinski definition) is 15. The van der Waals surface area contributed by atoms with Crippen molar-refractivity contribution in [2.24, 2.45) is 16.5 Å². The van der Waals surface area contributed by atoms with Crippen LogP contribution in [0.3, 0.4) is 0 Å². The highest BCUT2D eigenvalue weighted by atomic mass is 16.7. The zero-order valence-corrected chi connectivity index (χ0v) is 30.4. The van der Waals surface area contributed by atoms with Crippen LogP contribution < -0.4 is 43.4 Å². The van der Waals surface area contributed by atoms with Gasteiger partial charge in [0.15, 0.2) is 12.2 Å². The van der Waals surface area contributed by atoms with E-state index in [-0.39, 0.29) is 44.7 Å². The summed E-state index contributed by atoms with van der Waals surface area (Å²) in [5.41, 5.74) is 10.6. The molecule has 25 nitrogen and oxygen atoms in total. The second-order valence-corrected chi connectivity index (χ2v) is 13.2. The Kier molecular flexibility index (Phi) is 17.1. The van der Waals surface area contributed by atoms with E-state index in [9.17, 15) is 63.9 Å². The van der Waals surface area contributed by atoms with Crippen LogP contribution in [0.1, 0.15) is 39.0 Å². The summed E-state index contributed by atoms with van der Waals surface area (Å²) in [5, 5.41) is 63.8. The van der Waals surface area contributed by atoms with Crippen LogP contribution >= 0.6 is 0 Å². The van der Waals surface area contributed by atoms with Gasteiger partial charge in [-0.3, -0.25) is 43.3 Å². The molecule has 3 saturated heterocycles. The second-order valence-electron chi connectivity index (χ2n) is 13.2. The number of fused-ring (bicyclic) bond motifs is 1. The maximum Gasteiger partial charge on any atom is 0.305 e. The van der Waals surface area contributed by atoms with Gasteiger partial charge in [0.1, 0.15) is 54.6 Å². The Balaban J connectivity index is 1.93. The zero-order valence-electron chi connectivity index (χ0n) is 30.4. The molecule has 0 aromatic rings. The molecule has 56 heavy (non-hydrogen) atoms. The topological polar surface area (TPSA) is 396 Å². The van der Waals surface area contributed by atoms with E-state index in [2.05, 4.69) is 36.9 Å². The first kappa shape index (κ1) is 45.2. The van der Waals surface area contributed by atoms with E-state index >= 15 is 0 Å². The Morgan fingerprint density at radius 2 is 1.50 bits per heavy atom. The fraction of sp³-hybridized carbons (Fsp3) is 0.710. The summed E-state index contributed by atoms with van der Waals surface area (Å²) >= 11 is 0. The molecule has 15 N–H and O–H groups in total. The van der Waals surface area contributed by atoms with Gasteiger partial charge in [0.05, 0.1) is 32.7 Å². The average Bonchev–Trinajstić information content (AvgIpc) is 3.64. The van der Waals surface area contributed by atoms with E-state index in [1.54, 1.807) is 0 Å². The fourth-order valence-electron chi connectivity index (χ4n) is 5.98. The van der Waals surface area contributed by atoms with Crippen LogP contribution in [0.2, 0.25) is 0 Å². The molecule has 0 unspecified atom stereocenters. The Morgan fingerprint density at radius 1 is 0.857 bits per heavy atom. The number of aliphatic imine (C=N–C) groups is 1. The fourth-order valence-corrected chi connectivity index (χ4v) is 5.98. The Morgan fingerprint density at radius 3 is 2.12 bits per heavy atom.